The van der Waals surface area contributed by atoms with Gasteiger partial charge in [-0.1, -0.05) is 30.3 Å². The number of hydrogen-bond acceptors (Lipinski definition) is 2. The van der Waals surface area contributed by atoms with E-state index in [1.54, 1.807) is 12.1 Å². The minimum absolute atomic E-state index is 0. The van der Waals surface area contributed by atoms with E-state index in [-0.39, 0.29) is 18.3 Å². The Bertz CT molecular complexity index is 676. The summed E-state index contributed by atoms with van der Waals surface area (Å²) in [5, 5.41) is 2.84. The summed E-state index contributed by atoms with van der Waals surface area (Å²) in [6.45, 7) is 0.391. The molecule has 0 saturated carbocycles. The highest BCUT2D eigenvalue weighted by Gasteiger charge is 2.06. The smallest absolute Gasteiger partial charge is 0.251 e. The lowest BCUT2D eigenvalue weighted by molar-refractivity contribution is 0.0950. The Morgan fingerprint density at radius 2 is 1.75 bits per heavy atom. The van der Waals surface area contributed by atoms with Crippen LogP contribution in [0.2, 0.25) is 0 Å². The molecule has 1 amide bonds. The van der Waals surface area contributed by atoms with Gasteiger partial charge in [0.05, 0.1) is 17.6 Å². The first kappa shape index (κ1) is 14.1. The molecular formula is C15H14ClN3O. The minimum atomic E-state index is -0.0962. The summed E-state index contributed by atoms with van der Waals surface area (Å²) in [6.07, 6.45) is 0. The maximum absolute atomic E-state index is 11.9. The van der Waals surface area contributed by atoms with Gasteiger partial charge in [0.15, 0.2) is 0 Å². The lowest BCUT2D eigenvalue weighted by atomic mass is 10.2. The van der Waals surface area contributed by atoms with Crippen LogP contribution in [-0.4, -0.2) is 15.9 Å². The summed E-state index contributed by atoms with van der Waals surface area (Å²) in [5.74, 6) is 0.659. The lowest BCUT2D eigenvalue weighted by Crippen LogP contribution is -2.23. The summed E-state index contributed by atoms with van der Waals surface area (Å²) >= 11 is 0. The van der Waals surface area contributed by atoms with E-state index in [4.69, 9.17) is 0 Å². The molecule has 3 rings (SSSR count). The zero-order chi connectivity index (χ0) is 13.1. The molecule has 5 heteroatoms. The summed E-state index contributed by atoms with van der Waals surface area (Å²) in [6, 6.07) is 16.9. The van der Waals surface area contributed by atoms with Gasteiger partial charge in [0.25, 0.3) is 5.91 Å². The normalized spacial score (nSPS) is 10.0. The Kier molecular flexibility index (Phi) is 4.38. The largest absolute Gasteiger partial charge is 0.345 e. The first-order valence-electron chi connectivity index (χ1n) is 6.10. The minimum Gasteiger partial charge on any atom is -0.345 e. The van der Waals surface area contributed by atoms with E-state index in [0.29, 0.717) is 12.1 Å². The van der Waals surface area contributed by atoms with E-state index in [9.17, 15) is 4.79 Å². The number of amides is 1. The second-order valence-electron chi connectivity index (χ2n) is 4.25. The van der Waals surface area contributed by atoms with E-state index < -0.39 is 0 Å². The van der Waals surface area contributed by atoms with Gasteiger partial charge in [-0.05, 0) is 24.3 Å². The Morgan fingerprint density at radius 3 is 2.50 bits per heavy atom. The number of aromatic nitrogens is 2. The van der Waals surface area contributed by atoms with Crippen LogP contribution in [-0.2, 0) is 6.54 Å². The van der Waals surface area contributed by atoms with Crippen molar-refractivity contribution >= 4 is 29.3 Å². The van der Waals surface area contributed by atoms with Crippen molar-refractivity contribution in [3.8, 4) is 0 Å². The van der Waals surface area contributed by atoms with Gasteiger partial charge in [-0.25, -0.2) is 4.98 Å². The number of hydrogen-bond donors (Lipinski definition) is 2. The molecule has 3 aromatic rings. The third-order valence-corrected chi connectivity index (χ3v) is 2.89. The molecule has 0 aliphatic rings. The van der Waals surface area contributed by atoms with Crippen LogP contribution in [0.15, 0.2) is 54.6 Å². The number of halogens is 1. The van der Waals surface area contributed by atoms with Gasteiger partial charge in [-0.3, -0.25) is 4.79 Å². The summed E-state index contributed by atoms with van der Waals surface area (Å²) in [4.78, 5) is 19.5. The second-order valence-corrected chi connectivity index (χ2v) is 4.25. The predicted molar refractivity (Wildman–Crippen MR) is 81.0 cm³/mol. The van der Waals surface area contributed by atoms with Gasteiger partial charge in [-0.2, -0.15) is 0 Å². The Hall–Kier alpha value is -2.33. The highest BCUT2D eigenvalue weighted by Crippen LogP contribution is 2.10. The van der Waals surface area contributed by atoms with E-state index >= 15 is 0 Å². The molecule has 0 radical (unpaired) electrons. The number of nitrogens with zero attached hydrogens (tertiary/aromatic N) is 1. The van der Waals surface area contributed by atoms with Crippen molar-refractivity contribution in [2.45, 2.75) is 6.54 Å². The molecule has 0 unspecified atom stereocenters. The van der Waals surface area contributed by atoms with Gasteiger partial charge in [-0.15, -0.1) is 12.4 Å². The molecule has 1 aromatic heterocycles. The first-order valence-corrected chi connectivity index (χ1v) is 6.10. The molecular weight excluding hydrogens is 274 g/mol. The number of benzene rings is 2. The number of carbonyl (C=O) groups excluding carboxylic acids is 1. The quantitative estimate of drug-likeness (QED) is 0.778. The number of aromatic amines is 1. The fraction of sp³-hybridized carbons (Fsp3) is 0.0667. The number of rotatable bonds is 3. The molecule has 0 fully saturated rings. The monoisotopic (exact) mass is 287 g/mol. The van der Waals surface area contributed by atoms with Crippen molar-refractivity contribution in [2.75, 3.05) is 0 Å². The van der Waals surface area contributed by atoms with E-state index in [1.807, 2.05) is 42.5 Å². The Morgan fingerprint density at radius 1 is 1.05 bits per heavy atom. The molecule has 0 saturated heterocycles. The summed E-state index contributed by atoms with van der Waals surface area (Å²) in [7, 11) is 0. The molecule has 0 bridgehead atoms. The molecule has 0 atom stereocenters. The van der Waals surface area contributed by atoms with Crippen molar-refractivity contribution in [1.29, 1.82) is 0 Å². The highest BCUT2D eigenvalue weighted by atomic mass is 35.5. The maximum Gasteiger partial charge on any atom is 0.251 e. The van der Waals surface area contributed by atoms with Crippen molar-refractivity contribution in [3.63, 3.8) is 0 Å². The van der Waals surface area contributed by atoms with E-state index in [2.05, 4.69) is 15.3 Å². The van der Waals surface area contributed by atoms with Crippen molar-refractivity contribution < 1.29 is 4.79 Å². The maximum atomic E-state index is 11.9. The van der Waals surface area contributed by atoms with Crippen molar-refractivity contribution in [2.24, 2.45) is 0 Å². The van der Waals surface area contributed by atoms with Gasteiger partial charge in [0.1, 0.15) is 5.82 Å². The van der Waals surface area contributed by atoms with Crippen LogP contribution >= 0.6 is 12.4 Å². The second kappa shape index (κ2) is 6.21. The van der Waals surface area contributed by atoms with Crippen LogP contribution in [0.4, 0.5) is 0 Å². The average molecular weight is 288 g/mol. The zero-order valence-electron chi connectivity index (χ0n) is 10.7. The van der Waals surface area contributed by atoms with Crippen LogP contribution in [0, 0.1) is 0 Å². The lowest BCUT2D eigenvalue weighted by Gasteiger charge is -2.02. The van der Waals surface area contributed by atoms with Crippen molar-refractivity contribution in [1.82, 2.24) is 15.3 Å². The van der Waals surface area contributed by atoms with Crippen LogP contribution in [0.5, 0.6) is 0 Å². The predicted octanol–water partition coefficient (Wildman–Crippen LogP) is 2.91. The zero-order valence-corrected chi connectivity index (χ0v) is 11.5. The van der Waals surface area contributed by atoms with E-state index in [1.165, 1.54) is 0 Å². The van der Waals surface area contributed by atoms with E-state index in [0.717, 1.165) is 16.9 Å². The van der Waals surface area contributed by atoms with Gasteiger partial charge < -0.3 is 10.3 Å². The van der Waals surface area contributed by atoms with Crippen LogP contribution in [0.1, 0.15) is 16.2 Å². The molecule has 20 heavy (non-hydrogen) atoms. The van der Waals surface area contributed by atoms with Crippen LogP contribution < -0.4 is 5.32 Å². The number of fused-ring (bicyclic) bond motifs is 1. The van der Waals surface area contributed by atoms with Gasteiger partial charge in [0, 0.05) is 5.56 Å². The molecule has 0 aliphatic heterocycles. The van der Waals surface area contributed by atoms with Gasteiger partial charge >= 0.3 is 0 Å². The van der Waals surface area contributed by atoms with Crippen molar-refractivity contribution in [3.05, 3.63) is 66.0 Å². The number of nitrogens with one attached hydrogen (secondary N) is 2. The first-order chi connectivity index (χ1) is 9.33. The number of carbonyl (C=O) groups is 1. The fourth-order valence-corrected chi connectivity index (χ4v) is 1.94. The molecule has 2 aromatic carbocycles. The van der Waals surface area contributed by atoms with Crippen LogP contribution in [0.3, 0.4) is 0 Å². The molecule has 2 N–H and O–H groups in total. The number of imidazole rings is 1. The molecule has 0 aliphatic carbocycles. The topological polar surface area (TPSA) is 57.8 Å². The number of H-pyrrole nitrogens is 1. The summed E-state index contributed by atoms with van der Waals surface area (Å²) in [5.41, 5.74) is 2.54. The third-order valence-electron chi connectivity index (χ3n) is 2.89. The molecule has 0 spiro atoms. The molecule has 102 valence electrons. The summed E-state index contributed by atoms with van der Waals surface area (Å²) < 4.78 is 0. The van der Waals surface area contributed by atoms with Gasteiger partial charge in [0.2, 0.25) is 0 Å². The Balaban J connectivity index is 0.00000147. The molecule has 1 heterocycles. The number of para-hydroxylation sites is 2. The third kappa shape index (κ3) is 2.97. The fourth-order valence-electron chi connectivity index (χ4n) is 1.94. The SMILES string of the molecule is Cl.O=C(NCc1nc2ccccc2[nH]1)c1ccccc1. The Labute approximate surface area is 122 Å². The average Bonchev–Trinajstić information content (AvgIpc) is 2.88. The van der Waals surface area contributed by atoms with Crippen LogP contribution in [0.25, 0.3) is 11.0 Å². The standard InChI is InChI=1S/C15H13N3O.ClH/c19-15(11-6-2-1-3-7-11)16-10-14-17-12-8-4-5-9-13(12)18-14;/h1-9H,10H2,(H,16,19)(H,17,18);1H. The highest BCUT2D eigenvalue weighted by molar-refractivity contribution is 5.94. The molecule has 4 nitrogen and oxygen atoms in total.